The van der Waals surface area contributed by atoms with E-state index in [1.807, 2.05) is 84.9 Å². The van der Waals surface area contributed by atoms with Crippen LogP contribution in [0.25, 0.3) is 11.1 Å². The van der Waals surface area contributed by atoms with Crippen molar-refractivity contribution in [3.63, 3.8) is 0 Å². The maximum atomic E-state index is 12.3. The zero-order valence-electron chi connectivity index (χ0n) is 25.9. The van der Waals surface area contributed by atoms with Gasteiger partial charge in [-0.3, -0.25) is 18.6 Å². The van der Waals surface area contributed by atoms with Crippen LogP contribution in [0.1, 0.15) is 29.5 Å². The van der Waals surface area contributed by atoms with Gasteiger partial charge >= 0.3 is 19.8 Å². The van der Waals surface area contributed by atoms with Crippen LogP contribution in [0.2, 0.25) is 0 Å². The number of phosphoric ester groups is 1. The van der Waals surface area contributed by atoms with Gasteiger partial charge in [0.15, 0.2) is 0 Å². The number of para-hydroxylation sites is 1. The van der Waals surface area contributed by atoms with E-state index in [-0.39, 0.29) is 26.1 Å². The van der Waals surface area contributed by atoms with E-state index >= 15 is 0 Å². The lowest BCUT2D eigenvalue weighted by atomic mass is 10.0. The van der Waals surface area contributed by atoms with E-state index < -0.39 is 32.4 Å². The maximum absolute atomic E-state index is 12.3. The Balaban J connectivity index is 1.20. The summed E-state index contributed by atoms with van der Waals surface area (Å²) < 4.78 is 38.4. The Hall–Kier alpha value is -4.51. The Morgan fingerprint density at radius 3 is 2.38 bits per heavy atom. The predicted octanol–water partition coefficient (Wildman–Crippen LogP) is 6.44. The molecule has 4 aromatic carbocycles. The summed E-state index contributed by atoms with van der Waals surface area (Å²) in [6.45, 7) is 1.42. The minimum absolute atomic E-state index is 0.0408. The summed E-state index contributed by atoms with van der Waals surface area (Å²) >= 11 is 0. The molecule has 1 unspecified atom stereocenters. The largest absolute Gasteiger partial charge is 0.489 e. The van der Waals surface area contributed by atoms with Crippen LogP contribution in [-0.4, -0.2) is 47.8 Å². The van der Waals surface area contributed by atoms with Crippen molar-refractivity contribution in [1.82, 2.24) is 0 Å². The van der Waals surface area contributed by atoms with Gasteiger partial charge in [0.2, 0.25) is 0 Å². The molecular weight excluding hydrogens is 625 g/mol. The summed E-state index contributed by atoms with van der Waals surface area (Å²) in [5.74, 6) is 0.234. The van der Waals surface area contributed by atoms with Gasteiger partial charge in [0, 0.05) is 12.8 Å². The monoisotopic (exact) mass is 663 g/mol. The summed E-state index contributed by atoms with van der Waals surface area (Å²) in [6.07, 6.45) is 0.615. The lowest BCUT2D eigenvalue weighted by molar-refractivity contribution is -0.143. The SMILES string of the molecule is Cc1ccccc1-c1ccc(Oc2cccc(COc3ccccc3CCC(=O)OCCCOP(=O)(O)OC[C@H](N)C(=O)O)c2)cc1. The van der Waals surface area contributed by atoms with Gasteiger partial charge in [0.05, 0.1) is 19.8 Å². The molecule has 0 saturated heterocycles. The molecule has 0 spiro atoms. The number of phosphoric acid groups is 1. The van der Waals surface area contributed by atoms with Crippen LogP contribution in [0.3, 0.4) is 0 Å². The molecule has 0 saturated carbocycles. The Morgan fingerprint density at radius 1 is 0.872 bits per heavy atom. The predicted molar refractivity (Wildman–Crippen MR) is 175 cm³/mol. The molecule has 0 amide bonds. The van der Waals surface area contributed by atoms with Gasteiger partial charge in [-0.25, -0.2) is 4.57 Å². The Kier molecular flexibility index (Phi) is 13.1. The number of ether oxygens (including phenoxy) is 3. The molecule has 0 aliphatic rings. The number of aryl methyl sites for hydroxylation is 2. The van der Waals surface area contributed by atoms with E-state index in [2.05, 4.69) is 23.6 Å². The summed E-state index contributed by atoms with van der Waals surface area (Å²) in [5.41, 5.74) is 10.5. The molecule has 47 heavy (non-hydrogen) atoms. The molecule has 0 radical (unpaired) electrons. The second-order valence-electron chi connectivity index (χ2n) is 10.6. The molecule has 4 N–H and O–H groups in total. The Labute approximate surface area is 273 Å². The zero-order chi connectivity index (χ0) is 33.6. The molecular formula is C35H38NO10P. The molecule has 0 aliphatic carbocycles. The fourth-order valence-corrected chi connectivity index (χ4v) is 5.25. The average Bonchev–Trinajstić information content (AvgIpc) is 3.06. The molecule has 0 bridgehead atoms. The fraction of sp³-hybridized carbons (Fsp3) is 0.257. The van der Waals surface area contributed by atoms with Crippen molar-refractivity contribution in [1.29, 1.82) is 0 Å². The molecule has 4 aromatic rings. The highest BCUT2D eigenvalue weighted by molar-refractivity contribution is 7.47. The van der Waals surface area contributed by atoms with Gasteiger partial charge in [-0.2, -0.15) is 0 Å². The van der Waals surface area contributed by atoms with Gasteiger partial charge in [0.1, 0.15) is 29.9 Å². The van der Waals surface area contributed by atoms with E-state index in [0.717, 1.165) is 22.4 Å². The first-order chi connectivity index (χ1) is 22.6. The lowest BCUT2D eigenvalue weighted by Gasteiger charge is -2.14. The van der Waals surface area contributed by atoms with Gasteiger partial charge < -0.3 is 29.9 Å². The van der Waals surface area contributed by atoms with Crippen LogP contribution in [0, 0.1) is 6.92 Å². The summed E-state index contributed by atoms with van der Waals surface area (Å²) in [6, 6.07) is 29.9. The Morgan fingerprint density at radius 2 is 1.62 bits per heavy atom. The fourth-order valence-electron chi connectivity index (χ4n) is 4.46. The van der Waals surface area contributed by atoms with Crippen LogP contribution in [0.15, 0.2) is 97.1 Å². The van der Waals surface area contributed by atoms with Crippen molar-refractivity contribution in [2.45, 2.75) is 38.8 Å². The van der Waals surface area contributed by atoms with Crippen LogP contribution in [0.4, 0.5) is 0 Å². The van der Waals surface area contributed by atoms with Gasteiger partial charge in [-0.1, -0.05) is 66.7 Å². The highest BCUT2D eigenvalue weighted by Gasteiger charge is 2.24. The van der Waals surface area contributed by atoms with Crippen molar-refractivity contribution in [3.05, 3.63) is 114 Å². The number of carboxylic acid groups (broad SMARTS) is 1. The number of nitrogens with two attached hydrogens (primary N) is 1. The average molecular weight is 664 g/mol. The Bertz CT molecular complexity index is 1680. The molecule has 4 rings (SSSR count). The van der Waals surface area contributed by atoms with Crippen molar-refractivity contribution >= 4 is 19.8 Å². The number of aliphatic carboxylic acids is 1. The molecule has 0 fully saturated rings. The summed E-state index contributed by atoms with van der Waals surface area (Å²) in [7, 11) is -4.47. The molecule has 12 heteroatoms. The number of benzene rings is 4. The number of hydrogen-bond acceptors (Lipinski definition) is 9. The summed E-state index contributed by atoms with van der Waals surface area (Å²) in [4.78, 5) is 32.5. The topological polar surface area (TPSA) is 164 Å². The van der Waals surface area contributed by atoms with E-state index in [1.165, 1.54) is 11.1 Å². The van der Waals surface area contributed by atoms with E-state index in [0.29, 0.717) is 24.5 Å². The third-order valence-electron chi connectivity index (χ3n) is 6.95. The molecule has 2 atom stereocenters. The number of esters is 1. The molecule has 11 nitrogen and oxygen atoms in total. The van der Waals surface area contributed by atoms with Gasteiger partial charge in [-0.05, 0) is 71.5 Å². The van der Waals surface area contributed by atoms with Crippen LogP contribution in [-0.2, 0) is 41.0 Å². The van der Waals surface area contributed by atoms with Crippen LogP contribution in [0.5, 0.6) is 17.2 Å². The number of hydrogen-bond donors (Lipinski definition) is 3. The van der Waals surface area contributed by atoms with Crippen LogP contribution < -0.4 is 15.2 Å². The zero-order valence-corrected chi connectivity index (χ0v) is 26.8. The van der Waals surface area contributed by atoms with E-state index in [1.54, 1.807) is 0 Å². The second-order valence-corrected chi connectivity index (χ2v) is 12.1. The van der Waals surface area contributed by atoms with Crippen molar-refractivity contribution in [2.75, 3.05) is 19.8 Å². The van der Waals surface area contributed by atoms with E-state index in [9.17, 15) is 19.0 Å². The normalized spacial score (nSPS) is 12.9. The van der Waals surface area contributed by atoms with Gasteiger partial charge in [-0.15, -0.1) is 0 Å². The number of carbonyl (C=O) groups is 2. The number of rotatable bonds is 18. The minimum atomic E-state index is -4.47. The molecule has 0 heterocycles. The minimum Gasteiger partial charge on any atom is -0.489 e. The molecule has 0 aromatic heterocycles. The highest BCUT2D eigenvalue weighted by Crippen LogP contribution is 2.43. The molecule has 248 valence electrons. The number of carboxylic acids is 1. The van der Waals surface area contributed by atoms with Crippen molar-refractivity contribution < 1.29 is 47.4 Å². The lowest BCUT2D eigenvalue weighted by Crippen LogP contribution is -2.34. The first-order valence-electron chi connectivity index (χ1n) is 15.0. The molecule has 0 aliphatic heterocycles. The smallest absolute Gasteiger partial charge is 0.472 e. The first-order valence-corrected chi connectivity index (χ1v) is 16.5. The van der Waals surface area contributed by atoms with Crippen LogP contribution >= 0.6 is 7.82 Å². The van der Waals surface area contributed by atoms with Gasteiger partial charge in [0.25, 0.3) is 0 Å². The quantitative estimate of drug-likeness (QED) is 0.0609. The highest BCUT2D eigenvalue weighted by atomic mass is 31.2. The standard InChI is InChI=1S/C35H38NO10P/c1-25-8-2-4-12-31(25)27-14-17-29(18-15-27)46-30-11-6-9-26(22-30)23-43-33-13-5-3-10-28(33)16-19-34(37)42-20-7-21-44-47(40,41)45-24-32(36)35(38)39/h2-6,8-15,17-18,22,32H,7,16,19-21,23-24,36H2,1H3,(H,38,39)(H,40,41)/t32-/m0/s1. The first kappa shape index (κ1) is 35.3. The maximum Gasteiger partial charge on any atom is 0.472 e. The van der Waals surface area contributed by atoms with Crippen molar-refractivity contribution in [3.8, 4) is 28.4 Å². The third kappa shape index (κ3) is 11.7. The third-order valence-corrected chi connectivity index (χ3v) is 7.93. The van der Waals surface area contributed by atoms with E-state index in [4.69, 9.17) is 29.6 Å². The summed E-state index contributed by atoms with van der Waals surface area (Å²) in [5, 5.41) is 8.69. The van der Waals surface area contributed by atoms with Crippen molar-refractivity contribution in [2.24, 2.45) is 5.73 Å². The second kappa shape index (κ2) is 17.4. The number of carbonyl (C=O) groups excluding carboxylic acids is 1.